The lowest BCUT2D eigenvalue weighted by Crippen LogP contribution is -2.55. The third kappa shape index (κ3) is 5.31. The van der Waals surface area contributed by atoms with Gasteiger partial charge in [-0.05, 0) is 29.8 Å². The highest BCUT2D eigenvalue weighted by Gasteiger charge is 2.35. The zero-order valence-corrected chi connectivity index (χ0v) is 21.0. The SMILES string of the molecule is COc1ccc(COc2cccc(C(F)F)c2-c2c(F)cc3c(c2F)OC[C@H]2CN(C(=O)O)CCN2C3)cc1. The van der Waals surface area contributed by atoms with Crippen LogP contribution in [0, 0.1) is 11.6 Å². The normalized spacial score (nSPS) is 17.2. The third-order valence-corrected chi connectivity index (χ3v) is 7.02. The minimum Gasteiger partial charge on any atom is -0.497 e. The lowest BCUT2D eigenvalue weighted by atomic mass is 9.95. The molecule has 2 aliphatic heterocycles. The second-order valence-electron chi connectivity index (χ2n) is 9.36. The Labute approximate surface area is 222 Å². The molecule has 1 fully saturated rings. The van der Waals surface area contributed by atoms with E-state index < -0.39 is 35.3 Å². The predicted molar refractivity (Wildman–Crippen MR) is 133 cm³/mol. The molecule has 0 spiro atoms. The van der Waals surface area contributed by atoms with Crippen molar-refractivity contribution < 1.29 is 41.7 Å². The summed E-state index contributed by atoms with van der Waals surface area (Å²) in [7, 11) is 1.52. The van der Waals surface area contributed by atoms with Crippen LogP contribution in [-0.4, -0.2) is 60.4 Å². The molecule has 39 heavy (non-hydrogen) atoms. The zero-order chi connectivity index (χ0) is 27.7. The van der Waals surface area contributed by atoms with Gasteiger partial charge in [-0.15, -0.1) is 0 Å². The van der Waals surface area contributed by atoms with Gasteiger partial charge in [-0.1, -0.05) is 24.3 Å². The van der Waals surface area contributed by atoms with Gasteiger partial charge in [0.1, 0.15) is 30.5 Å². The van der Waals surface area contributed by atoms with Crippen LogP contribution in [0.2, 0.25) is 0 Å². The molecule has 3 aromatic carbocycles. The van der Waals surface area contributed by atoms with E-state index in [-0.39, 0.29) is 61.5 Å². The van der Waals surface area contributed by atoms with E-state index >= 15 is 8.78 Å². The number of amides is 1. The van der Waals surface area contributed by atoms with Gasteiger partial charge in [0.2, 0.25) is 0 Å². The number of piperazine rings is 1. The molecule has 0 radical (unpaired) electrons. The molecule has 0 bridgehead atoms. The first-order valence-corrected chi connectivity index (χ1v) is 12.3. The van der Waals surface area contributed by atoms with Gasteiger partial charge in [0.25, 0.3) is 6.43 Å². The summed E-state index contributed by atoms with van der Waals surface area (Å²) in [6.07, 6.45) is -4.10. The molecule has 1 amide bonds. The van der Waals surface area contributed by atoms with Gasteiger partial charge in [-0.2, -0.15) is 0 Å². The van der Waals surface area contributed by atoms with Crippen molar-refractivity contribution in [1.29, 1.82) is 0 Å². The second kappa shape index (κ2) is 11.0. The lowest BCUT2D eigenvalue weighted by molar-refractivity contribution is 0.0499. The van der Waals surface area contributed by atoms with Gasteiger partial charge in [0.05, 0.1) is 18.7 Å². The molecular formula is C28H26F4N2O5. The number of carboxylic acid groups (broad SMARTS) is 1. The quantitative estimate of drug-likeness (QED) is 0.400. The Morgan fingerprint density at radius 3 is 2.59 bits per heavy atom. The Morgan fingerprint density at radius 1 is 1.13 bits per heavy atom. The van der Waals surface area contributed by atoms with Crippen molar-refractivity contribution in [1.82, 2.24) is 9.80 Å². The fraction of sp³-hybridized carbons (Fsp3) is 0.321. The van der Waals surface area contributed by atoms with Gasteiger partial charge >= 0.3 is 6.09 Å². The molecule has 1 saturated heterocycles. The van der Waals surface area contributed by atoms with Crippen molar-refractivity contribution in [2.45, 2.75) is 25.6 Å². The number of hydrogen-bond donors (Lipinski definition) is 1. The summed E-state index contributed by atoms with van der Waals surface area (Å²) < 4.78 is 76.5. The van der Waals surface area contributed by atoms with Crippen molar-refractivity contribution >= 4 is 6.09 Å². The average molecular weight is 547 g/mol. The number of methoxy groups -OCH3 is 1. The topological polar surface area (TPSA) is 71.5 Å². The van der Waals surface area contributed by atoms with Gasteiger partial charge < -0.3 is 24.2 Å². The van der Waals surface area contributed by atoms with E-state index in [1.807, 2.05) is 4.90 Å². The summed E-state index contributed by atoms with van der Waals surface area (Å²) in [6, 6.07) is 11.4. The standard InChI is InChI=1S/C28H26F4N2O5/c1-37-19-7-5-16(6-8-19)14-38-22-4-2-3-20(27(31)32)23(22)24-21(29)11-17-12-33-9-10-34(28(35)36)13-18(33)15-39-26(17)25(24)30/h2-8,11,18,27H,9-10,12-15H2,1H3,(H,35,36)/t18-/m1/s1. The first-order chi connectivity index (χ1) is 18.8. The van der Waals surface area contributed by atoms with Gasteiger partial charge in [0, 0.05) is 42.9 Å². The Balaban J connectivity index is 1.51. The Morgan fingerprint density at radius 2 is 1.90 bits per heavy atom. The first kappa shape index (κ1) is 26.6. The van der Waals surface area contributed by atoms with E-state index in [1.165, 1.54) is 24.1 Å². The maximum Gasteiger partial charge on any atom is 0.407 e. The molecule has 0 aromatic heterocycles. The van der Waals surface area contributed by atoms with E-state index in [0.717, 1.165) is 12.1 Å². The molecule has 0 unspecified atom stereocenters. The first-order valence-electron chi connectivity index (χ1n) is 12.3. The largest absolute Gasteiger partial charge is 0.497 e. The van der Waals surface area contributed by atoms with Crippen molar-refractivity contribution in [3.8, 4) is 28.4 Å². The molecule has 0 aliphatic carbocycles. The Hall–Kier alpha value is -3.99. The summed E-state index contributed by atoms with van der Waals surface area (Å²) in [5.74, 6) is -1.86. The van der Waals surface area contributed by atoms with Crippen LogP contribution in [-0.2, 0) is 13.2 Å². The number of rotatable bonds is 6. The van der Waals surface area contributed by atoms with Gasteiger partial charge in [-0.25, -0.2) is 22.4 Å². The number of carbonyl (C=O) groups is 1. The Bertz CT molecular complexity index is 1370. The summed E-state index contributed by atoms with van der Waals surface area (Å²) >= 11 is 0. The molecule has 206 valence electrons. The molecule has 7 nitrogen and oxygen atoms in total. The van der Waals surface area contributed by atoms with Crippen molar-refractivity contribution in [3.05, 3.63) is 76.9 Å². The van der Waals surface area contributed by atoms with Crippen LogP contribution in [0.1, 0.15) is 23.1 Å². The maximum atomic E-state index is 16.0. The number of fused-ring (bicyclic) bond motifs is 2. The smallest absolute Gasteiger partial charge is 0.407 e. The molecule has 0 saturated carbocycles. The highest BCUT2D eigenvalue weighted by Crippen LogP contribution is 2.45. The summed E-state index contributed by atoms with van der Waals surface area (Å²) in [4.78, 5) is 14.6. The van der Waals surface area contributed by atoms with Crippen LogP contribution in [0.15, 0.2) is 48.5 Å². The van der Waals surface area contributed by atoms with E-state index in [4.69, 9.17) is 14.2 Å². The molecule has 1 N–H and O–H groups in total. The van der Waals surface area contributed by atoms with Crippen molar-refractivity contribution in [3.63, 3.8) is 0 Å². The summed E-state index contributed by atoms with van der Waals surface area (Å²) in [6.45, 7) is 0.807. The van der Waals surface area contributed by atoms with Crippen molar-refractivity contribution in [2.75, 3.05) is 33.4 Å². The van der Waals surface area contributed by atoms with Gasteiger partial charge in [-0.3, -0.25) is 4.90 Å². The number of alkyl halides is 2. The second-order valence-corrected chi connectivity index (χ2v) is 9.36. The average Bonchev–Trinajstić information content (AvgIpc) is 3.11. The number of benzene rings is 3. The monoisotopic (exact) mass is 546 g/mol. The molecule has 3 aromatic rings. The third-order valence-electron chi connectivity index (χ3n) is 7.02. The fourth-order valence-corrected chi connectivity index (χ4v) is 4.98. The number of nitrogens with zero attached hydrogens (tertiary/aromatic N) is 2. The van der Waals surface area contributed by atoms with Crippen LogP contribution < -0.4 is 14.2 Å². The minimum absolute atomic E-state index is 0.0366. The number of hydrogen-bond acceptors (Lipinski definition) is 5. The zero-order valence-electron chi connectivity index (χ0n) is 21.0. The van der Waals surface area contributed by atoms with Crippen LogP contribution in [0.5, 0.6) is 17.2 Å². The lowest BCUT2D eigenvalue weighted by Gasteiger charge is -2.38. The summed E-state index contributed by atoms with van der Waals surface area (Å²) in [5, 5.41) is 9.33. The van der Waals surface area contributed by atoms with Crippen LogP contribution in [0.3, 0.4) is 0 Å². The van der Waals surface area contributed by atoms with E-state index in [0.29, 0.717) is 17.9 Å². The summed E-state index contributed by atoms with van der Waals surface area (Å²) in [5.41, 5.74) is -0.719. The highest BCUT2D eigenvalue weighted by atomic mass is 19.3. The van der Waals surface area contributed by atoms with E-state index in [2.05, 4.69) is 0 Å². The number of halogens is 4. The van der Waals surface area contributed by atoms with Crippen molar-refractivity contribution in [2.24, 2.45) is 0 Å². The molecule has 11 heteroatoms. The molecule has 2 aliphatic rings. The molecular weight excluding hydrogens is 520 g/mol. The fourth-order valence-electron chi connectivity index (χ4n) is 4.98. The number of ether oxygens (including phenoxy) is 3. The predicted octanol–water partition coefficient (Wildman–Crippen LogP) is 5.71. The van der Waals surface area contributed by atoms with Crippen LogP contribution >= 0.6 is 0 Å². The molecule has 2 heterocycles. The maximum absolute atomic E-state index is 16.0. The van der Waals surface area contributed by atoms with Gasteiger partial charge in [0.15, 0.2) is 11.6 Å². The Kier molecular flexibility index (Phi) is 7.51. The highest BCUT2D eigenvalue weighted by molar-refractivity contribution is 5.77. The molecule has 5 rings (SSSR count). The minimum atomic E-state index is -3.03. The van der Waals surface area contributed by atoms with Crippen LogP contribution in [0.4, 0.5) is 22.4 Å². The molecule has 1 atom stereocenters. The van der Waals surface area contributed by atoms with E-state index in [9.17, 15) is 18.7 Å². The van der Waals surface area contributed by atoms with Crippen LogP contribution in [0.25, 0.3) is 11.1 Å². The van der Waals surface area contributed by atoms with E-state index in [1.54, 1.807) is 24.3 Å².